The second-order valence-electron chi connectivity index (χ2n) is 4.09. The summed E-state index contributed by atoms with van der Waals surface area (Å²) in [6.45, 7) is 7.45. The standard InChI is InChI=1S/C12H23N3/c1-3-4-5-6-7-13-8-9-15-11-12(2)10-14-15/h10-11,13H,3-9H2,1-2H3. The molecule has 0 atom stereocenters. The SMILES string of the molecule is CCCCCCNCCn1cc(C)cn1. The first-order valence-electron chi connectivity index (χ1n) is 6.02. The number of rotatable bonds is 8. The predicted molar refractivity (Wildman–Crippen MR) is 64.0 cm³/mol. The number of unbranched alkanes of at least 4 members (excludes halogenated alkanes) is 3. The van der Waals surface area contributed by atoms with Crippen molar-refractivity contribution in [2.75, 3.05) is 13.1 Å². The molecule has 1 aromatic rings. The fourth-order valence-corrected chi connectivity index (χ4v) is 1.58. The minimum Gasteiger partial charge on any atom is -0.315 e. The summed E-state index contributed by atoms with van der Waals surface area (Å²) >= 11 is 0. The molecule has 0 fully saturated rings. The molecule has 1 N–H and O–H groups in total. The van der Waals surface area contributed by atoms with Crippen LogP contribution in [0.3, 0.4) is 0 Å². The number of aromatic nitrogens is 2. The van der Waals surface area contributed by atoms with E-state index in [0.29, 0.717) is 0 Å². The highest BCUT2D eigenvalue weighted by Crippen LogP contribution is 1.97. The average Bonchev–Trinajstić information content (AvgIpc) is 2.63. The molecule has 0 radical (unpaired) electrons. The van der Waals surface area contributed by atoms with Gasteiger partial charge in [0.25, 0.3) is 0 Å². The van der Waals surface area contributed by atoms with E-state index in [1.54, 1.807) is 0 Å². The summed E-state index contributed by atoms with van der Waals surface area (Å²) in [5.74, 6) is 0. The van der Waals surface area contributed by atoms with Crippen molar-refractivity contribution < 1.29 is 0 Å². The molecule has 1 rings (SSSR count). The molecule has 1 heterocycles. The van der Waals surface area contributed by atoms with Crippen LogP contribution in [0.5, 0.6) is 0 Å². The molecule has 0 spiro atoms. The third-order valence-corrected chi connectivity index (χ3v) is 2.49. The zero-order chi connectivity index (χ0) is 10.9. The van der Waals surface area contributed by atoms with E-state index < -0.39 is 0 Å². The van der Waals surface area contributed by atoms with Crippen molar-refractivity contribution >= 4 is 0 Å². The Labute approximate surface area is 92.9 Å². The van der Waals surface area contributed by atoms with Crippen LogP contribution in [0, 0.1) is 6.92 Å². The molecule has 0 aliphatic carbocycles. The molecule has 0 saturated heterocycles. The van der Waals surface area contributed by atoms with Gasteiger partial charge in [-0.25, -0.2) is 0 Å². The molecule has 0 bridgehead atoms. The molecular weight excluding hydrogens is 186 g/mol. The van der Waals surface area contributed by atoms with Crippen LogP contribution < -0.4 is 5.32 Å². The first-order chi connectivity index (χ1) is 7.33. The molecule has 3 nitrogen and oxygen atoms in total. The lowest BCUT2D eigenvalue weighted by molar-refractivity contribution is 0.535. The molecular formula is C12H23N3. The van der Waals surface area contributed by atoms with Gasteiger partial charge in [0.2, 0.25) is 0 Å². The second-order valence-corrected chi connectivity index (χ2v) is 4.09. The van der Waals surface area contributed by atoms with Gasteiger partial charge >= 0.3 is 0 Å². The number of hydrogen-bond acceptors (Lipinski definition) is 2. The van der Waals surface area contributed by atoms with Gasteiger partial charge in [-0.1, -0.05) is 26.2 Å². The van der Waals surface area contributed by atoms with Crippen LogP contribution >= 0.6 is 0 Å². The Hall–Kier alpha value is -0.830. The van der Waals surface area contributed by atoms with Gasteiger partial charge in [-0.05, 0) is 25.5 Å². The molecule has 0 saturated carbocycles. The molecule has 15 heavy (non-hydrogen) atoms. The number of nitrogens with one attached hydrogen (secondary N) is 1. The van der Waals surface area contributed by atoms with E-state index in [4.69, 9.17) is 0 Å². The quantitative estimate of drug-likeness (QED) is 0.666. The van der Waals surface area contributed by atoms with Crippen molar-refractivity contribution in [3.63, 3.8) is 0 Å². The molecule has 0 aromatic carbocycles. The predicted octanol–water partition coefficient (Wildman–Crippen LogP) is 2.36. The average molecular weight is 209 g/mol. The topological polar surface area (TPSA) is 29.9 Å². The third-order valence-electron chi connectivity index (χ3n) is 2.49. The summed E-state index contributed by atoms with van der Waals surface area (Å²) in [4.78, 5) is 0. The van der Waals surface area contributed by atoms with Crippen molar-refractivity contribution in [3.8, 4) is 0 Å². The summed E-state index contributed by atoms with van der Waals surface area (Å²) in [7, 11) is 0. The van der Waals surface area contributed by atoms with Gasteiger partial charge in [0.1, 0.15) is 0 Å². The van der Waals surface area contributed by atoms with E-state index in [2.05, 4.69) is 30.5 Å². The highest BCUT2D eigenvalue weighted by molar-refractivity contribution is 4.99. The van der Waals surface area contributed by atoms with E-state index in [1.807, 2.05) is 10.9 Å². The molecule has 3 heteroatoms. The summed E-state index contributed by atoms with van der Waals surface area (Å²) in [6.07, 6.45) is 9.31. The minimum absolute atomic E-state index is 0.974. The Morgan fingerprint density at radius 2 is 2.13 bits per heavy atom. The van der Waals surface area contributed by atoms with Gasteiger partial charge in [-0.15, -0.1) is 0 Å². The fourth-order valence-electron chi connectivity index (χ4n) is 1.58. The largest absolute Gasteiger partial charge is 0.315 e. The van der Waals surface area contributed by atoms with Gasteiger partial charge in [0, 0.05) is 12.7 Å². The van der Waals surface area contributed by atoms with Crippen molar-refractivity contribution in [3.05, 3.63) is 18.0 Å². The maximum absolute atomic E-state index is 4.24. The summed E-state index contributed by atoms with van der Waals surface area (Å²) < 4.78 is 1.99. The van der Waals surface area contributed by atoms with Gasteiger partial charge in [-0.3, -0.25) is 4.68 Å². The Morgan fingerprint density at radius 1 is 1.27 bits per heavy atom. The highest BCUT2D eigenvalue weighted by Gasteiger charge is 1.93. The van der Waals surface area contributed by atoms with E-state index in [9.17, 15) is 0 Å². The first-order valence-corrected chi connectivity index (χ1v) is 6.02. The lowest BCUT2D eigenvalue weighted by atomic mass is 10.2. The lowest BCUT2D eigenvalue weighted by Crippen LogP contribution is -2.21. The lowest BCUT2D eigenvalue weighted by Gasteiger charge is -2.04. The zero-order valence-electron chi connectivity index (χ0n) is 10.00. The van der Waals surface area contributed by atoms with Crippen molar-refractivity contribution in [2.45, 2.75) is 46.1 Å². The number of aryl methyl sites for hydroxylation is 1. The normalized spacial score (nSPS) is 10.8. The summed E-state index contributed by atoms with van der Waals surface area (Å²) in [6, 6.07) is 0. The second kappa shape index (κ2) is 7.46. The highest BCUT2D eigenvalue weighted by atomic mass is 15.3. The Kier molecular flexibility index (Phi) is 6.09. The van der Waals surface area contributed by atoms with Crippen molar-refractivity contribution in [1.82, 2.24) is 15.1 Å². The monoisotopic (exact) mass is 209 g/mol. The number of hydrogen-bond donors (Lipinski definition) is 1. The van der Waals surface area contributed by atoms with E-state index in [-0.39, 0.29) is 0 Å². The van der Waals surface area contributed by atoms with Crippen molar-refractivity contribution in [2.24, 2.45) is 0 Å². The first kappa shape index (κ1) is 12.2. The zero-order valence-corrected chi connectivity index (χ0v) is 10.00. The van der Waals surface area contributed by atoms with E-state index >= 15 is 0 Å². The minimum atomic E-state index is 0.974. The van der Waals surface area contributed by atoms with Crippen molar-refractivity contribution in [1.29, 1.82) is 0 Å². The van der Waals surface area contributed by atoms with Crippen LogP contribution in [-0.4, -0.2) is 22.9 Å². The van der Waals surface area contributed by atoms with Crippen LogP contribution in [0.2, 0.25) is 0 Å². The van der Waals surface area contributed by atoms with E-state index in [0.717, 1.165) is 19.6 Å². The van der Waals surface area contributed by atoms with Gasteiger partial charge in [0.15, 0.2) is 0 Å². The van der Waals surface area contributed by atoms with Crippen LogP contribution in [-0.2, 0) is 6.54 Å². The van der Waals surface area contributed by atoms with Crippen LogP contribution in [0.4, 0.5) is 0 Å². The molecule has 0 aliphatic rings. The van der Waals surface area contributed by atoms with Gasteiger partial charge in [-0.2, -0.15) is 5.10 Å². The van der Waals surface area contributed by atoms with Gasteiger partial charge < -0.3 is 5.32 Å². The molecule has 0 aliphatic heterocycles. The van der Waals surface area contributed by atoms with Crippen LogP contribution in [0.1, 0.15) is 38.2 Å². The summed E-state index contributed by atoms with van der Waals surface area (Å²) in [5.41, 5.74) is 1.23. The smallest absolute Gasteiger partial charge is 0.0534 e. The molecule has 86 valence electrons. The molecule has 0 unspecified atom stereocenters. The Balaban J connectivity index is 1.93. The van der Waals surface area contributed by atoms with Crippen LogP contribution in [0.25, 0.3) is 0 Å². The van der Waals surface area contributed by atoms with Crippen LogP contribution in [0.15, 0.2) is 12.4 Å². The fraction of sp³-hybridized carbons (Fsp3) is 0.750. The summed E-state index contributed by atoms with van der Waals surface area (Å²) in [5, 5.41) is 7.68. The Morgan fingerprint density at radius 3 is 2.80 bits per heavy atom. The molecule has 0 amide bonds. The maximum Gasteiger partial charge on any atom is 0.0534 e. The van der Waals surface area contributed by atoms with E-state index in [1.165, 1.54) is 31.2 Å². The number of nitrogens with zero attached hydrogens (tertiary/aromatic N) is 2. The Bertz CT molecular complexity index is 255. The third kappa shape index (κ3) is 5.57. The van der Waals surface area contributed by atoms with Gasteiger partial charge in [0.05, 0.1) is 12.7 Å². The molecule has 1 aromatic heterocycles. The maximum atomic E-state index is 4.24.